The number of rotatable bonds is 2. The van der Waals surface area contributed by atoms with Crippen LogP contribution in [-0.4, -0.2) is 14.7 Å². The predicted octanol–water partition coefficient (Wildman–Crippen LogP) is 0.147. The zero-order valence-electron chi connectivity index (χ0n) is 4.89. The lowest BCUT2D eigenvalue weighted by atomic mass is 10.8. The van der Waals surface area contributed by atoms with Gasteiger partial charge in [0, 0.05) is 6.92 Å². The fourth-order valence-corrected chi connectivity index (χ4v) is 1.32. The molecule has 10 heavy (non-hydrogen) atoms. The SMILES string of the molecule is CC(=O)SC(Cl)(Cl)C(=O)[O-]. The van der Waals surface area contributed by atoms with E-state index in [1.165, 1.54) is 0 Å². The molecule has 0 aromatic heterocycles. The van der Waals surface area contributed by atoms with E-state index in [4.69, 9.17) is 23.2 Å². The van der Waals surface area contributed by atoms with E-state index in [9.17, 15) is 14.7 Å². The van der Waals surface area contributed by atoms with Crippen molar-refractivity contribution >= 4 is 46.0 Å². The van der Waals surface area contributed by atoms with Gasteiger partial charge in [0.2, 0.25) is 3.67 Å². The van der Waals surface area contributed by atoms with Crippen molar-refractivity contribution in [3.8, 4) is 0 Å². The normalized spacial score (nSPS) is 11.1. The molecule has 0 aliphatic carbocycles. The largest absolute Gasteiger partial charge is 0.546 e. The third kappa shape index (κ3) is 3.29. The van der Waals surface area contributed by atoms with E-state index in [0.29, 0.717) is 11.8 Å². The van der Waals surface area contributed by atoms with Gasteiger partial charge in [-0.3, -0.25) is 4.79 Å². The number of carboxylic acids is 1. The number of alkyl halides is 2. The highest BCUT2D eigenvalue weighted by Gasteiger charge is 2.28. The monoisotopic (exact) mass is 201 g/mol. The van der Waals surface area contributed by atoms with Crippen LogP contribution in [0.1, 0.15) is 6.92 Å². The van der Waals surface area contributed by atoms with Gasteiger partial charge in [0.1, 0.15) is 0 Å². The number of carbonyl (C=O) groups excluding carboxylic acids is 2. The fraction of sp³-hybridized carbons (Fsp3) is 0.500. The predicted molar refractivity (Wildman–Crippen MR) is 37.7 cm³/mol. The van der Waals surface area contributed by atoms with E-state index >= 15 is 0 Å². The van der Waals surface area contributed by atoms with Crippen LogP contribution in [0.4, 0.5) is 0 Å². The Labute approximate surface area is 71.7 Å². The van der Waals surface area contributed by atoms with Crippen molar-refractivity contribution in [2.45, 2.75) is 10.6 Å². The van der Waals surface area contributed by atoms with Crippen molar-refractivity contribution < 1.29 is 14.7 Å². The average Bonchev–Trinajstić information content (AvgIpc) is 1.60. The minimum Gasteiger partial charge on any atom is -0.546 e. The zero-order chi connectivity index (χ0) is 8.36. The van der Waals surface area contributed by atoms with Crippen molar-refractivity contribution in [1.29, 1.82) is 0 Å². The highest BCUT2D eigenvalue weighted by molar-refractivity contribution is 8.17. The summed E-state index contributed by atoms with van der Waals surface area (Å²) >= 11 is 10.5. The molecule has 0 rings (SSSR count). The minimum absolute atomic E-state index is 0.295. The molecule has 0 saturated heterocycles. The Morgan fingerprint density at radius 2 is 1.90 bits per heavy atom. The number of carboxylic acid groups (broad SMARTS) is 1. The van der Waals surface area contributed by atoms with E-state index in [0.717, 1.165) is 6.92 Å². The van der Waals surface area contributed by atoms with Gasteiger partial charge in [-0.15, -0.1) is 0 Å². The Morgan fingerprint density at radius 1 is 1.50 bits per heavy atom. The van der Waals surface area contributed by atoms with Gasteiger partial charge in [0.15, 0.2) is 5.12 Å². The van der Waals surface area contributed by atoms with Crippen LogP contribution in [0.15, 0.2) is 0 Å². The lowest BCUT2D eigenvalue weighted by Gasteiger charge is -2.16. The van der Waals surface area contributed by atoms with E-state index in [-0.39, 0.29) is 0 Å². The summed E-state index contributed by atoms with van der Waals surface area (Å²) in [6, 6.07) is 0. The Kier molecular flexibility index (Phi) is 3.48. The van der Waals surface area contributed by atoms with E-state index in [1.54, 1.807) is 0 Å². The molecule has 3 nitrogen and oxygen atoms in total. The second kappa shape index (κ2) is 3.46. The van der Waals surface area contributed by atoms with Crippen LogP contribution in [0.2, 0.25) is 0 Å². The Hall–Kier alpha value is 0.0700. The van der Waals surface area contributed by atoms with Gasteiger partial charge >= 0.3 is 0 Å². The third-order valence-electron chi connectivity index (χ3n) is 0.510. The molecule has 0 aliphatic rings. The first-order chi connectivity index (χ1) is 4.36. The van der Waals surface area contributed by atoms with Crippen molar-refractivity contribution in [2.75, 3.05) is 0 Å². The summed E-state index contributed by atoms with van der Waals surface area (Å²) in [5, 5.41) is 9.53. The molecule has 0 aromatic carbocycles. The van der Waals surface area contributed by atoms with Gasteiger partial charge < -0.3 is 9.90 Å². The quantitative estimate of drug-likeness (QED) is 0.598. The molecule has 0 fully saturated rings. The van der Waals surface area contributed by atoms with Crippen LogP contribution in [0.5, 0.6) is 0 Å². The minimum atomic E-state index is -2.16. The highest BCUT2D eigenvalue weighted by Crippen LogP contribution is 2.34. The van der Waals surface area contributed by atoms with Gasteiger partial charge in [-0.1, -0.05) is 23.2 Å². The maximum Gasteiger partial charge on any atom is 0.209 e. The van der Waals surface area contributed by atoms with Crippen molar-refractivity contribution in [1.82, 2.24) is 0 Å². The van der Waals surface area contributed by atoms with Gasteiger partial charge in [-0.25, -0.2) is 0 Å². The molecule has 6 heteroatoms. The number of hydrogen-bond acceptors (Lipinski definition) is 4. The summed E-state index contributed by atoms with van der Waals surface area (Å²) in [6.07, 6.45) is 0. The van der Waals surface area contributed by atoms with Crippen LogP contribution in [0.25, 0.3) is 0 Å². The molecule has 0 saturated carbocycles. The summed E-state index contributed by atoms with van der Waals surface area (Å²) < 4.78 is -2.16. The molecular weight excluding hydrogens is 199 g/mol. The molecular formula is C4H3Cl2O3S-. The molecule has 0 N–H and O–H groups in total. The molecule has 0 aromatic rings. The summed E-state index contributed by atoms with van der Waals surface area (Å²) in [5.74, 6) is -1.68. The summed E-state index contributed by atoms with van der Waals surface area (Å²) in [7, 11) is 0. The number of thioether (sulfide) groups is 1. The Morgan fingerprint density at radius 3 is 2.00 bits per heavy atom. The van der Waals surface area contributed by atoms with Crippen molar-refractivity contribution in [3.05, 3.63) is 0 Å². The number of carbonyl (C=O) groups is 2. The lowest BCUT2D eigenvalue weighted by molar-refractivity contribution is -0.304. The highest BCUT2D eigenvalue weighted by atomic mass is 35.5. The second-order valence-corrected chi connectivity index (χ2v) is 4.56. The molecule has 0 unspecified atom stereocenters. The van der Waals surface area contributed by atoms with E-state index in [1.807, 2.05) is 0 Å². The van der Waals surface area contributed by atoms with Crippen LogP contribution < -0.4 is 5.11 Å². The fourth-order valence-electron chi connectivity index (χ4n) is 0.222. The Bertz CT molecular complexity index is 168. The molecule has 0 amide bonds. The van der Waals surface area contributed by atoms with Gasteiger partial charge in [0.25, 0.3) is 0 Å². The number of halogens is 2. The summed E-state index contributed by atoms with van der Waals surface area (Å²) in [4.78, 5) is 20.3. The van der Waals surface area contributed by atoms with E-state index < -0.39 is 14.7 Å². The standard InChI is InChI=1S/C4H4Cl2O3S/c1-2(7)10-4(5,6)3(8)9/h1H3,(H,8,9)/p-1. The lowest BCUT2D eigenvalue weighted by Crippen LogP contribution is -2.37. The zero-order valence-corrected chi connectivity index (χ0v) is 7.22. The van der Waals surface area contributed by atoms with Crippen LogP contribution >= 0.6 is 35.0 Å². The van der Waals surface area contributed by atoms with Gasteiger partial charge in [0.05, 0.1) is 5.97 Å². The van der Waals surface area contributed by atoms with Crippen LogP contribution in [0.3, 0.4) is 0 Å². The third-order valence-corrected chi connectivity index (χ3v) is 1.99. The maximum absolute atomic E-state index is 10.3. The molecule has 0 spiro atoms. The second-order valence-electron chi connectivity index (χ2n) is 1.40. The molecule has 0 radical (unpaired) electrons. The maximum atomic E-state index is 10.3. The van der Waals surface area contributed by atoms with Crippen molar-refractivity contribution in [2.24, 2.45) is 0 Å². The molecule has 0 atom stereocenters. The van der Waals surface area contributed by atoms with Crippen LogP contribution in [-0.2, 0) is 9.59 Å². The van der Waals surface area contributed by atoms with Gasteiger partial charge in [-0.05, 0) is 11.8 Å². The molecule has 0 bridgehead atoms. The Balaban J connectivity index is 4.13. The van der Waals surface area contributed by atoms with E-state index in [2.05, 4.69) is 0 Å². The summed E-state index contributed by atoms with van der Waals surface area (Å²) in [6.45, 7) is 1.16. The first-order valence-electron chi connectivity index (χ1n) is 2.15. The molecule has 58 valence electrons. The summed E-state index contributed by atoms with van der Waals surface area (Å²) in [5.41, 5.74) is 0. The smallest absolute Gasteiger partial charge is 0.209 e. The topological polar surface area (TPSA) is 57.2 Å². The first-order valence-corrected chi connectivity index (χ1v) is 3.72. The molecule has 0 aliphatic heterocycles. The molecule has 0 heterocycles. The van der Waals surface area contributed by atoms with Gasteiger partial charge in [-0.2, -0.15) is 0 Å². The first kappa shape index (κ1) is 10.1. The van der Waals surface area contributed by atoms with Crippen LogP contribution in [0, 0.1) is 0 Å². The number of aliphatic carboxylic acids is 1. The van der Waals surface area contributed by atoms with Crippen molar-refractivity contribution in [3.63, 3.8) is 0 Å². The average molecular weight is 202 g/mol. The number of hydrogen-bond donors (Lipinski definition) is 0.